The van der Waals surface area contributed by atoms with E-state index in [-0.39, 0.29) is 48.1 Å². The Balaban J connectivity index is 1.68. The Morgan fingerprint density at radius 3 is 2.86 bits per heavy atom. The van der Waals surface area contributed by atoms with Gasteiger partial charge in [-0.3, -0.25) is 4.79 Å². The molecule has 3 aromatic rings. The number of carbonyl (C=O) groups is 1. The van der Waals surface area contributed by atoms with E-state index in [2.05, 4.69) is 11.9 Å². The molecule has 9 heteroatoms. The molecule has 0 spiro atoms. The van der Waals surface area contributed by atoms with Gasteiger partial charge in [-0.2, -0.15) is 0 Å². The molecule has 3 aliphatic rings. The van der Waals surface area contributed by atoms with Crippen molar-refractivity contribution in [3.8, 4) is 11.4 Å². The third-order valence-corrected chi connectivity index (χ3v) is 7.74. The number of fused-ring (bicyclic) bond motifs is 5. The molecule has 6 rings (SSSR count). The lowest BCUT2D eigenvalue weighted by Crippen LogP contribution is -2.44. The number of carbonyl (C=O) groups excluding carboxylic acids is 1. The number of nitrogens with one attached hydrogen (secondary N) is 1. The van der Waals surface area contributed by atoms with Gasteiger partial charge < -0.3 is 25.5 Å². The standard InChI is InChI=1S/C26H25FN4O4/c1-4-26(34)16-7-20-23-14(9-31(20)24(32)15(16)10-35-25(26)33)22-18(29-12(3)28)6-5-13-11(2)17(27)8-19(30-23)21(13)22/h7-8,18,29,34H,3-6,9-10,28H2,1-2H3/t18-,26-/m0/s1. The van der Waals surface area contributed by atoms with Crippen LogP contribution in [0.2, 0.25) is 0 Å². The fourth-order valence-electron chi connectivity index (χ4n) is 5.92. The lowest BCUT2D eigenvalue weighted by atomic mass is 9.81. The van der Waals surface area contributed by atoms with Gasteiger partial charge >= 0.3 is 5.97 Å². The number of cyclic esters (lactones) is 1. The monoisotopic (exact) mass is 476 g/mol. The summed E-state index contributed by atoms with van der Waals surface area (Å²) in [5.74, 6) is -0.781. The smallest absolute Gasteiger partial charge is 0.343 e. The van der Waals surface area contributed by atoms with Crippen LogP contribution in [0.1, 0.15) is 59.2 Å². The SMILES string of the molecule is C=C(N)N[C@H]1CCc2c(C)c(F)cc3nc4c(c1c23)Cn1c-4cc2c(c1=O)COC(=O)[C@]2(O)CC. The molecule has 2 atom stereocenters. The fraction of sp³-hybridized carbons (Fsp3) is 0.346. The summed E-state index contributed by atoms with van der Waals surface area (Å²) in [7, 11) is 0. The first-order chi connectivity index (χ1) is 16.7. The zero-order valence-corrected chi connectivity index (χ0v) is 19.5. The van der Waals surface area contributed by atoms with Gasteiger partial charge in [0.05, 0.1) is 40.9 Å². The Morgan fingerprint density at radius 1 is 1.37 bits per heavy atom. The number of rotatable bonds is 3. The molecule has 4 N–H and O–H groups in total. The summed E-state index contributed by atoms with van der Waals surface area (Å²) in [6.07, 6.45) is 1.39. The van der Waals surface area contributed by atoms with Gasteiger partial charge in [0.25, 0.3) is 5.56 Å². The van der Waals surface area contributed by atoms with E-state index in [9.17, 15) is 19.1 Å². The summed E-state index contributed by atoms with van der Waals surface area (Å²) < 4.78 is 21.6. The first kappa shape index (κ1) is 21.8. The Hall–Kier alpha value is -3.72. The van der Waals surface area contributed by atoms with E-state index in [1.807, 2.05) is 0 Å². The number of esters is 1. The number of nitrogens with two attached hydrogens (primary N) is 1. The normalized spacial score (nSPS) is 21.8. The molecule has 0 fully saturated rings. The van der Waals surface area contributed by atoms with Crippen LogP contribution in [0.25, 0.3) is 22.3 Å². The molecular weight excluding hydrogens is 451 g/mol. The lowest BCUT2D eigenvalue weighted by Gasteiger charge is -2.31. The van der Waals surface area contributed by atoms with E-state index >= 15 is 0 Å². The first-order valence-electron chi connectivity index (χ1n) is 11.7. The topological polar surface area (TPSA) is 119 Å². The molecule has 0 radical (unpaired) electrons. The van der Waals surface area contributed by atoms with E-state index in [4.69, 9.17) is 15.5 Å². The van der Waals surface area contributed by atoms with Gasteiger partial charge in [-0.1, -0.05) is 13.5 Å². The Labute approximate surface area is 200 Å². The van der Waals surface area contributed by atoms with Gasteiger partial charge in [-0.05, 0) is 48.9 Å². The number of hydrogen-bond acceptors (Lipinski definition) is 7. The van der Waals surface area contributed by atoms with E-state index in [1.54, 1.807) is 24.5 Å². The van der Waals surface area contributed by atoms with Gasteiger partial charge in [0.15, 0.2) is 5.60 Å². The second kappa shape index (κ2) is 7.14. The van der Waals surface area contributed by atoms with Crippen molar-refractivity contribution in [2.24, 2.45) is 5.73 Å². The van der Waals surface area contributed by atoms with E-state index < -0.39 is 11.6 Å². The Bertz CT molecular complexity index is 1560. The second-order valence-electron chi connectivity index (χ2n) is 9.57. The maximum Gasteiger partial charge on any atom is 0.343 e. The average Bonchev–Trinajstić information content (AvgIpc) is 3.19. The zero-order chi connectivity index (χ0) is 24.8. The van der Waals surface area contributed by atoms with Crippen LogP contribution in [0.3, 0.4) is 0 Å². The Morgan fingerprint density at radius 2 is 2.14 bits per heavy atom. The van der Waals surface area contributed by atoms with Gasteiger partial charge in [0, 0.05) is 22.6 Å². The number of pyridine rings is 2. The van der Waals surface area contributed by atoms with Crippen LogP contribution in [0.4, 0.5) is 4.39 Å². The maximum absolute atomic E-state index is 14.9. The summed E-state index contributed by atoms with van der Waals surface area (Å²) in [6.45, 7) is 7.29. The third kappa shape index (κ3) is 2.78. The van der Waals surface area contributed by atoms with Crippen LogP contribution in [-0.4, -0.2) is 20.6 Å². The van der Waals surface area contributed by atoms with Gasteiger partial charge in [-0.15, -0.1) is 0 Å². The Kier molecular flexibility index (Phi) is 4.45. The molecule has 0 amide bonds. The molecule has 1 aliphatic carbocycles. The van der Waals surface area contributed by atoms with Gasteiger partial charge in [-0.25, -0.2) is 14.2 Å². The summed E-state index contributed by atoms with van der Waals surface area (Å²) >= 11 is 0. The van der Waals surface area contributed by atoms with Crippen LogP contribution in [-0.2, 0) is 34.7 Å². The van der Waals surface area contributed by atoms with Crippen molar-refractivity contribution in [2.75, 3.05) is 0 Å². The van der Waals surface area contributed by atoms with E-state index in [0.29, 0.717) is 41.1 Å². The number of nitrogens with zero attached hydrogens (tertiary/aromatic N) is 2. The second-order valence-corrected chi connectivity index (χ2v) is 9.57. The molecule has 8 nitrogen and oxygen atoms in total. The van der Waals surface area contributed by atoms with Crippen LogP contribution in [0, 0.1) is 12.7 Å². The molecule has 0 unspecified atom stereocenters. The third-order valence-electron chi connectivity index (χ3n) is 7.74. The molecule has 35 heavy (non-hydrogen) atoms. The predicted octanol–water partition coefficient (Wildman–Crippen LogP) is 2.53. The number of aliphatic hydroxyl groups is 1. The summed E-state index contributed by atoms with van der Waals surface area (Å²) in [5.41, 5.74) is 8.97. The van der Waals surface area contributed by atoms with Crippen LogP contribution >= 0.6 is 0 Å². The minimum atomic E-state index is -1.91. The molecule has 0 saturated heterocycles. The minimum absolute atomic E-state index is 0.0590. The molecule has 0 saturated carbocycles. The molecule has 2 aromatic heterocycles. The van der Waals surface area contributed by atoms with Crippen molar-refractivity contribution in [1.29, 1.82) is 0 Å². The highest BCUT2D eigenvalue weighted by atomic mass is 19.1. The summed E-state index contributed by atoms with van der Waals surface area (Å²) in [5, 5.41) is 15.2. The number of ether oxygens (including phenoxy) is 1. The highest BCUT2D eigenvalue weighted by Gasteiger charge is 2.45. The maximum atomic E-state index is 14.9. The first-order valence-corrected chi connectivity index (χ1v) is 11.7. The number of aromatic nitrogens is 2. The zero-order valence-electron chi connectivity index (χ0n) is 19.5. The van der Waals surface area contributed by atoms with Gasteiger partial charge in [0.1, 0.15) is 12.4 Å². The lowest BCUT2D eigenvalue weighted by molar-refractivity contribution is -0.172. The van der Waals surface area contributed by atoms with Crippen molar-refractivity contribution in [2.45, 2.75) is 57.9 Å². The van der Waals surface area contributed by atoms with Crippen molar-refractivity contribution >= 4 is 16.9 Å². The minimum Gasteiger partial charge on any atom is -0.458 e. The number of halogens is 1. The van der Waals surface area contributed by atoms with Crippen molar-refractivity contribution in [3.63, 3.8) is 0 Å². The summed E-state index contributed by atoms with van der Waals surface area (Å²) in [6, 6.07) is 2.91. The highest BCUT2D eigenvalue weighted by molar-refractivity contribution is 5.93. The quantitative estimate of drug-likeness (QED) is 0.389. The van der Waals surface area contributed by atoms with Gasteiger partial charge in [0.2, 0.25) is 0 Å². The van der Waals surface area contributed by atoms with E-state index in [1.165, 1.54) is 6.07 Å². The van der Waals surface area contributed by atoms with Crippen LogP contribution < -0.4 is 16.6 Å². The molecule has 4 heterocycles. The predicted molar refractivity (Wildman–Crippen MR) is 127 cm³/mol. The van der Waals surface area contributed by atoms with Crippen LogP contribution in [0.5, 0.6) is 0 Å². The fourth-order valence-corrected chi connectivity index (χ4v) is 5.92. The van der Waals surface area contributed by atoms with Crippen LogP contribution in [0.15, 0.2) is 29.3 Å². The van der Waals surface area contributed by atoms with Crippen molar-refractivity contribution < 1.29 is 19.0 Å². The molecular formula is C26H25FN4O4. The summed E-state index contributed by atoms with van der Waals surface area (Å²) in [4.78, 5) is 30.8. The molecule has 0 bridgehead atoms. The number of hydrogen-bond donors (Lipinski definition) is 3. The largest absolute Gasteiger partial charge is 0.458 e. The van der Waals surface area contributed by atoms with E-state index in [0.717, 1.165) is 22.1 Å². The molecule has 2 aliphatic heterocycles. The average molecular weight is 477 g/mol. The molecule has 1 aromatic carbocycles. The number of aryl methyl sites for hydroxylation is 1. The highest BCUT2D eigenvalue weighted by Crippen LogP contribution is 2.45. The molecule has 180 valence electrons. The van der Waals surface area contributed by atoms with Crippen molar-refractivity contribution in [1.82, 2.24) is 14.9 Å². The van der Waals surface area contributed by atoms with Crippen molar-refractivity contribution in [3.05, 3.63) is 74.1 Å². The number of benzene rings is 1.